The third kappa shape index (κ3) is 5.01. The van der Waals surface area contributed by atoms with Crippen molar-refractivity contribution in [2.45, 2.75) is 20.4 Å². The van der Waals surface area contributed by atoms with E-state index in [1.54, 1.807) is 19.1 Å². The van der Waals surface area contributed by atoms with Gasteiger partial charge in [0.2, 0.25) is 0 Å². The molecule has 5 nitrogen and oxygen atoms in total. The second-order valence-corrected chi connectivity index (χ2v) is 7.16. The predicted molar refractivity (Wildman–Crippen MR) is 109 cm³/mol. The van der Waals surface area contributed by atoms with Crippen LogP contribution in [0.3, 0.4) is 0 Å². The molecule has 0 bridgehead atoms. The molecule has 0 aliphatic carbocycles. The van der Waals surface area contributed by atoms with Gasteiger partial charge in [-0.15, -0.1) is 0 Å². The molecule has 2 aromatic carbocycles. The Labute approximate surface area is 162 Å². The molecule has 3 rings (SSSR count). The highest BCUT2D eigenvalue weighted by atomic mass is 16.5. The lowest BCUT2D eigenvalue weighted by Crippen LogP contribution is -3.13. The summed E-state index contributed by atoms with van der Waals surface area (Å²) in [6, 6.07) is 12.5. The first-order chi connectivity index (χ1) is 13.1. The fraction of sp³-hybridized carbons (Fsp3) is 0.409. The molecule has 0 amide bonds. The van der Waals surface area contributed by atoms with Gasteiger partial charge in [0, 0.05) is 11.1 Å². The quantitative estimate of drug-likeness (QED) is 0.794. The van der Waals surface area contributed by atoms with Gasteiger partial charge in [-0.25, -0.2) is 0 Å². The van der Waals surface area contributed by atoms with Gasteiger partial charge in [-0.1, -0.05) is 23.8 Å². The van der Waals surface area contributed by atoms with Crippen LogP contribution in [0.2, 0.25) is 0 Å². The van der Waals surface area contributed by atoms with Crippen molar-refractivity contribution in [2.75, 3.05) is 40.4 Å². The fourth-order valence-corrected chi connectivity index (χ4v) is 3.50. The van der Waals surface area contributed by atoms with E-state index >= 15 is 0 Å². The fourth-order valence-electron chi connectivity index (χ4n) is 3.50. The SMILES string of the molecule is COc1ccc(OC)c(/C=N\N2CC[NH+](Cc3ccc(C)cc3C)CC2)c1. The molecule has 0 atom stereocenters. The highest BCUT2D eigenvalue weighted by Gasteiger charge is 2.19. The third-order valence-corrected chi connectivity index (χ3v) is 5.18. The summed E-state index contributed by atoms with van der Waals surface area (Å²) in [6.45, 7) is 9.57. The van der Waals surface area contributed by atoms with E-state index in [1.807, 2.05) is 24.4 Å². The van der Waals surface area contributed by atoms with Gasteiger partial charge < -0.3 is 14.4 Å². The average Bonchev–Trinajstić information content (AvgIpc) is 2.69. The molecular weight excluding hydrogens is 338 g/mol. The van der Waals surface area contributed by atoms with E-state index in [0.717, 1.165) is 49.8 Å². The van der Waals surface area contributed by atoms with Crippen molar-refractivity contribution in [1.29, 1.82) is 0 Å². The van der Waals surface area contributed by atoms with Gasteiger partial charge in [0.25, 0.3) is 0 Å². The van der Waals surface area contributed by atoms with E-state index in [9.17, 15) is 0 Å². The Bertz CT molecular complexity index is 796. The van der Waals surface area contributed by atoms with Crippen molar-refractivity contribution in [1.82, 2.24) is 5.01 Å². The molecule has 0 radical (unpaired) electrons. The number of hydrazone groups is 1. The van der Waals surface area contributed by atoms with Gasteiger partial charge in [0.05, 0.1) is 46.6 Å². The van der Waals surface area contributed by atoms with Crippen LogP contribution in [0, 0.1) is 13.8 Å². The molecular formula is C22H30N3O2+. The van der Waals surface area contributed by atoms with E-state index < -0.39 is 0 Å². The van der Waals surface area contributed by atoms with Crippen LogP contribution in [0.4, 0.5) is 0 Å². The average molecular weight is 369 g/mol. The molecule has 0 unspecified atom stereocenters. The van der Waals surface area contributed by atoms with Crippen LogP contribution < -0.4 is 14.4 Å². The van der Waals surface area contributed by atoms with E-state index in [4.69, 9.17) is 9.47 Å². The van der Waals surface area contributed by atoms with Gasteiger partial charge >= 0.3 is 0 Å². The van der Waals surface area contributed by atoms with Crippen molar-refractivity contribution in [3.8, 4) is 11.5 Å². The molecule has 1 aliphatic heterocycles. The summed E-state index contributed by atoms with van der Waals surface area (Å²) in [6.07, 6.45) is 1.87. The molecule has 0 saturated carbocycles. The second-order valence-electron chi connectivity index (χ2n) is 7.16. The molecule has 0 spiro atoms. The van der Waals surface area contributed by atoms with E-state index in [-0.39, 0.29) is 0 Å². The monoisotopic (exact) mass is 368 g/mol. The smallest absolute Gasteiger partial charge is 0.127 e. The van der Waals surface area contributed by atoms with Crippen molar-refractivity contribution in [3.63, 3.8) is 0 Å². The zero-order valence-electron chi connectivity index (χ0n) is 16.8. The van der Waals surface area contributed by atoms with Crippen LogP contribution in [0.15, 0.2) is 41.5 Å². The molecule has 1 aliphatic rings. The van der Waals surface area contributed by atoms with Crippen LogP contribution >= 0.6 is 0 Å². The lowest BCUT2D eigenvalue weighted by atomic mass is 10.1. The van der Waals surface area contributed by atoms with Crippen LogP contribution in [-0.2, 0) is 6.54 Å². The number of nitrogens with zero attached hydrogens (tertiary/aromatic N) is 2. The summed E-state index contributed by atoms with van der Waals surface area (Å²) in [5, 5.41) is 6.81. The number of nitrogens with one attached hydrogen (secondary N) is 1. The van der Waals surface area contributed by atoms with Crippen LogP contribution in [0.1, 0.15) is 22.3 Å². The lowest BCUT2D eigenvalue weighted by Gasteiger charge is -2.30. The lowest BCUT2D eigenvalue weighted by molar-refractivity contribution is -0.918. The third-order valence-electron chi connectivity index (χ3n) is 5.18. The molecule has 1 heterocycles. The number of methoxy groups -OCH3 is 2. The number of hydrogen-bond acceptors (Lipinski definition) is 4. The molecule has 1 fully saturated rings. The zero-order chi connectivity index (χ0) is 19.2. The number of aryl methyl sites for hydroxylation is 2. The number of quaternary nitrogens is 1. The summed E-state index contributed by atoms with van der Waals surface area (Å²) in [5.74, 6) is 1.61. The number of rotatable bonds is 6. The zero-order valence-corrected chi connectivity index (χ0v) is 16.8. The summed E-state index contributed by atoms with van der Waals surface area (Å²) in [4.78, 5) is 1.62. The van der Waals surface area contributed by atoms with Crippen LogP contribution in [0.25, 0.3) is 0 Å². The van der Waals surface area contributed by atoms with Gasteiger partial charge in [0.15, 0.2) is 0 Å². The van der Waals surface area contributed by atoms with Crippen LogP contribution in [-0.4, -0.2) is 51.6 Å². The Kier molecular flexibility index (Phi) is 6.35. The maximum Gasteiger partial charge on any atom is 0.127 e. The second kappa shape index (κ2) is 8.91. The topological polar surface area (TPSA) is 38.5 Å². The van der Waals surface area contributed by atoms with Gasteiger partial charge in [-0.3, -0.25) is 5.01 Å². The minimum Gasteiger partial charge on any atom is -0.497 e. The normalized spacial score (nSPS) is 15.3. The van der Waals surface area contributed by atoms with Crippen molar-refractivity contribution < 1.29 is 14.4 Å². The maximum atomic E-state index is 5.42. The highest BCUT2D eigenvalue weighted by molar-refractivity contribution is 5.84. The Morgan fingerprint density at radius 2 is 1.81 bits per heavy atom. The van der Waals surface area contributed by atoms with Gasteiger partial charge in [0.1, 0.15) is 18.0 Å². The van der Waals surface area contributed by atoms with Crippen molar-refractivity contribution in [3.05, 3.63) is 58.7 Å². The molecule has 2 aromatic rings. The first kappa shape index (κ1) is 19.2. The molecule has 0 aromatic heterocycles. The standard InChI is InChI=1S/C22H29N3O2/c1-17-5-6-19(18(2)13-17)16-24-9-11-25(12-10-24)23-15-20-14-21(26-3)7-8-22(20)27-4/h5-8,13-15H,9-12,16H2,1-4H3/p+1/b23-15-. The highest BCUT2D eigenvalue weighted by Crippen LogP contribution is 2.22. The largest absolute Gasteiger partial charge is 0.497 e. The maximum absolute atomic E-state index is 5.42. The Hall–Kier alpha value is -2.53. The molecule has 27 heavy (non-hydrogen) atoms. The minimum atomic E-state index is 0.804. The molecule has 1 saturated heterocycles. The van der Waals surface area contributed by atoms with Gasteiger partial charge in [-0.2, -0.15) is 5.10 Å². The van der Waals surface area contributed by atoms with Crippen LogP contribution in [0.5, 0.6) is 11.5 Å². The predicted octanol–water partition coefficient (Wildman–Crippen LogP) is 2.06. The van der Waals surface area contributed by atoms with E-state index in [2.05, 4.69) is 42.2 Å². The van der Waals surface area contributed by atoms with E-state index in [0.29, 0.717) is 0 Å². The Morgan fingerprint density at radius 3 is 2.48 bits per heavy atom. The summed E-state index contributed by atoms with van der Waals surface area (Å²) < 4.78 is 10.7. The summed E-state index contributed by atoms with van der Waals surface area (Å²) in [5.41, 5.74) is 5.11. The number of ether oxygens (including phenoxy) is 2. The van der Waals surface area contributed by atoms with Crippen molar-refractivity contribution in [2.24, 2.45) is 5.10 Å². The molecule has 144 valence electrons. The first-order valence-electron chi connectivity index (χ1n) is 9.49. The van der Waals surface area contributed by atoms with E-state index in [1.165, 1.54) is 16.7 Å². The minimum absolute atomic E-state index is 0.804. The Balaban J connectivity index is 1.57. The molecule has 5 heteroatoms. The summed E-state index contributed by atoms with van der Waals surface area (Å²) in [7, 11) is 3.34. The first-order valence-corrected chi connectivity index (χ1v) is 9.49. The van der Waals surface area contributed by atoms with Gasteiger partial charge in [-0.05, 0) is 37.6 Å². The number of piperazine rings is 1. The van der Waals surface area contributed by atoms with Crippen molar-refractivity contribution >= 4 is 6.21 Å². The number of benzene rings is 2. The molecule has 1 N–H and O–H groups in total. The summed E-state index contributed by atoms with van der Waals surface area (Å²) >= 11 is 0. The number of hydrogen-bond donors (Lipinski definition) is 1. The Morgan fingerprint density at radius 1 is 1.04 bits per heavy atom.